The fourth-order valence-corrected chi connectivity index (χ4v) is 9.46. The number of Topliss-reactive ketones (excluding diaryl/α,β-unsaturated/α-hetero) is 1. The topological polar surface area (TPSA) is 52.3 Å². The number of hydrogen-bond acceptors (Lipinski definition) is 3. The number of carbonyl (C=O) groups excluding carboxylic acids is 1. The van der Waals surface area contributed by atoms with E-state index in [2.05, 4.69) is 55.4 Å². The second-order valence-electron chi connectivity index (χ2n) is 13.2. The molecule has 0 aromatic heterocycles. The van der Waals surface area contributed by atoms with Crippen molar-refractivity contribution in [2.45, 2.75) is 118 Å². The summed E-state index contributed by atoms with van der Waals surface area (Å²) in [4.78, 5) is 13.4. The first-order valence-electron chi connectivity index (χ1n) is 14.0. The smallest absolute Gasteiger partial charge is 0.155 e. The fourth-order valence-electron chi connectivity index (χ4n) is 9.46. The van der Waals surface area contributed by atoms with Crippen LogP contribution >= 0.6 is 0 Å². The Kier molecular flexibility index (Phi) is 6.69. The molecule has 0 spiro atoms. The lowest BCUT2D eigenvalue weighted by Crippen LogP contribution is -2.55. The van der Waals surface area contributed by atoms with Crippen LogP contribution in [0.15, 0.2) is 0 Å². The van der Waals surface area contributed by atoms with Gasteiger partial charge in [0.05, 0.1) is 17.7 Å². The molecule has 12 unspecified atom stereocenters. The van der Waals surface area contributed by atoms with E-state index in [0.717, 1.165) is 25.2 Å². The maximum absolute atomic E-state index is 13.4. The fraction of sp³-hybridized carbons (Fsp3) is 0.966. The van der Waals surface area contributed by atoms with Crippen LogP contribution in [0, 0.1) is 58.7 Å². The van der Waals surface area contributed by atoms with Gasteiger partial charge in [0, 0.05) is 5.92 Å². The van der Waals surface area contributed by atoms with Crippen molar-refractivity contribution in [1.82, 2.24) is 0 Å². The highest BCUT2D eigenvalue weighted by molar-refractivity contribution is 5.92. The Hall–Kier alpha value is -0.410. The minimum absolute atomic E-state index is 0.112. The van der Waals surface area contributed by atoms with Gasteiger partial charge in [0.15, 0.2) is 5.78 Å². The van der Waals surface area contributed by atoms with Crippen LogP contribution in [0.4, 0.5) is 0 Å². The molecular weight excluding hydrogens is 394 g/mol. The largest absolute Gasteiger partial charge is 0.375 e. The molecule has 4 rings (SSSR count). The van der Waals surface area contributed by atoms with E-state index in [9.17, 15) is 4.79 Å². The Balaban J connectivity index is 1.69. The number of hydrogen-bond donors (Lipinski definition) is 1. The predicted molar refractivity (Wildman–Crippen MR) is 132 cm³/mol. The van der Waals surface area contributed by atoms with Gasteiger partial charge in [-0.1, -0.05) is 74.1 Å². The van der Waals surface area contributed by atoms with Gasteiger partial charge in [-0.2, -0.15) is 0 Å². The van der Waals surface area contributed by atoms with Crippen molar-refractivity contribution in [3.8, 4) is 0 Å². The molecule has 0 bridgehead atoms. The van der Waals surface area contributed by atoms with Crippen molar-refractivity contribution in [3.05, 3.63) is 0 Å². The number of unbranched alkanes of at least 4 members (excludes halogenated alkanes) is 2. The summed E-state index contributed by atoms with van der Waals surface area (Å²) in [6, 6.07) is 0. The number of fused-ring (bicyclic) bond motifs is 5. The number of ketones is 1. The Labute approximate surface area is 198 Å². The van der Waals surface area contributed by atoms with Crippen molar-refractivity contribution in [2.75, 3.05) is 0 Å². The summed E-state index contributed by atoms with van der Waals surface area (Å²) >= 11 is 0. The van der Waals surface area contributed by atoms with Crippen LogP contribution in [0.1, 0.15) is 100 Å². The van der Waals surface area contributed by atoms with Gasteiger partial charge in [-0.25, -0.2) is 0 Å². The molecule has 0 aromatic rings. The van der Waals surface area contributed by atoms with E-state index in [1.165, 1.54) is 25.7 Å². The van der Waals surface area contributed by atoms with Gasteiger partial charge in [0.1, 0.15) is 0 Å². The highest BCUT2D eigenvalue weighted by atomic mass is 16.5. The third-order valence-corrected chi connectivity index (χ3v) is 10.9. The van der Waals surface area contributed by atoms with Gasteiger partial charge < -0.3 is 10.5 Å². The van der Waals surface area contributed by atoms with Gasteiger partial charge in [-0.05, 0) is 78.9 Å². The first-order chi connectivity index (χ1) is 15.0. The molecule has 0 radical (unpaired) electrons. The Morgan fingerprint density at radius 1 is 1.09 bits per heavy atom. The molecule has 0 aliphatic heterocycles. The van der Waals surface area contributed by atoms with Crippen LogP contribution in [0.3, 0.4) is 0 Å². The Bertz CT molecular complexity index is 703. The second-order valence-corrected chi connectivity index (χ2v) is 13.2. The number of ether oxygens (including phenoxy) is 1. The van der Waals surface area contributed by atoms with Gasteiger partial charge in [-0.15, -0.1) is 0 Å². The Morgan fingerprint density at radius 3 is 2.41 bits per heavy atom. The van der Waals surface area contributed by atoms with Crippen LogP contribution < -0.4 is 5.73 Å². The Morgan fingerprint density at radius 2 is 1.78 bits per heavy atom. The summed E-state index contributed by atoms with van der Waals surface area (Å²) in [7, 11) is 0. The molecule has 0 saturated heterocycles. The lowest BCUT2D eigenvalue weighted by molar-refractivity contribution is -0.127. The highest BCUT2D eigenvalue weighted by Gasteiger charge is 2.74. The summed E-state index contributed by atoms with van der Waals surface area (Å²) in [5.74, 6) is 5.03. The molecule has 12 atom stereocenters. The second kappa shape index (κ2) is 8.67. The first-order valence-corrected chi connectivity index (χ1v) is 14.0. The monoisotopic (exact) mass is 445 g/mol. The van der Waals surface area contributed by atoms with Crippen molar-refractivity contribution in [2.24, 2.45) is 64.4 Å². The zero-order valence-electron chi connectivity index (χ0n) is 22.2. The quantitative estimate of drug-likeness (QED) is 0.456. The zero-order chi connectivity index (χ0) is 23.6. The summed E-state index contributed by atoms with van der Waals surface area (Å²) in [6.45, 7) is 18.9. The standard InChI is InChI=1S/C29H51NO2/c1-9-11-12-13-18(5)32-26-19(6)22-21-14-16(3)27(31)29(21,30)15-17(4)20(10-2)23(22)24-25(26)28(24,7)8/h16-26H,9-15,30H2,1-8H3. The van der Waals surface area contributed by atoms with Crippen molar-refractivity contribution >= 4 is 5.78 Å². The highest BCUT2D eigenvalue weighted by Crippen LogP contribution is 2.74. The van der Waals surface area contributed by atoms with Gasteiger partial charge in [0.25, 0.3) is 0 Å². The maximum atomic E-state index is 13.4. The molecule has 184 valence electrons. The minimum atomic E-state index is -0.622. The van der Waals surface area contributed by atoms with E-state index in [-0.39, 0.29) is 5.92 Å². The molecule has 2 N–H and O–H groups in total. The van der Waals surface area contributed by atoms with Crippen LogP contribution in [-0.2, 0) is 9.53 Å². The van der Waals surface area contributed by atoms with Crippen molar-refractivity contribution in [3.63, 3.8) is 0 Å². The van der Waals surface area contributed by atoms with Crippen molar-refractivity contribution < 1.29 is 9.53 Å². The number of carbonyl (C=O) groups is 1. The summed E-state index contributed by atoms with van der Waals surface area (Å²) in [6.07, 6.45) is 8.70. The molecule has 32 heavy (non-hydrogen) atoms. The van der Waals surface area contributed by atoms with E-state index in [1.807, 2.05) is 0 Å². The normalized spacial score (nSPS) is 50.2. The lowest BCUT2D eigenvalue weighted by atomic mass is 9.59. The van der Waals surface area contributed by atoms with Crippen molar-refractivity contribution in [1.29, 1.82) is 0 Å². The van der Waals surface area contributed by atoms with E-state index in [4.69, 9.17) is 10.5 Å². The number of nitrogens with two attached hydrogens (primary N) is 1. The molecule has 4 fully saturated rings. The summed E-state index contributed by atoms with van der Waals surface area (Å²) in [5.41, 5.74) is 6.85. The molecule has 0 amide bonds. The van der Waals surface area contributed by atoms with Crippen LogP contribution in [0.5, 0.6) is 0 Å². The third kappa shape index (κ3) is 3.63. The van der Waals surface area contributed by atoms with Gasteiger partial charge in [0.2, 0.25) is 0 Å². The molecule has 3 nitrogen and oxygen atoms in total. The SMILES string of the molecule is CCCCCC(C)OC1C(C)C2C(C(CC)C(C)CC3(N)C(=O)C(C)CC23)C2C1C2(C)C. The summed E-state index contributed by atoms with van der Waals surface area (Å²) < 4.78 is 6.93. The molecule has 3 heteroatoms. The molecule has 4 saturated carbocycles. The number of rotatable bonds is 7. The average molecular weight is 446 g/mol. The molecule has 0 aromatic carbocycles. The van der Waals surface area contributed by atoms with E-state index >= 15 is 0 Å². The van der Waals surface area contributed by atoms with Crippen LogP contribution in [-0.4, -0.2) is 23.5 Å². The minimum Gasteiger partial charge on any atom is -0.375 e. The lowest BCUT2D eigenvalue weighted by Gasteiger charge is -2.48. The average Bonchev–Trinajstić information content (AvgIpc) is 3.24. The molecular formula is C29H51NO2. The zero-order valence-corrected chi connectivity index (χ0v) is 22.2. The predicted octanol–water partition coefficient (Wildman–Crippen LogP) is 6.48. The van der Waals surface area contributed by atoms with Crippen LogP contribution in [0.2, 0.25) is 0 Å². The van der Waals surface area contributed by atoms with E-state index < -0.39 is 5.54 Å². The first kappa shape index (κ1) is 24.7. The molecule has 4 aliphatic rings. The third-order valence-electron chi connectivity index (χ3n) is 10.9. The maximum Gasteiger partial charge on any atom is 0.155 e. The molecule has 4 aliphatic carbocycles. The van der Waals surface area contributed by atoms with Crippen LogP contribution in [0.25, 0.3) is 0 Å². The van der Waals surface area contributed by atoms with Gasteiger partial charge in [-0.3, -0.25) is 4.79 Å². The van der Waals surface area contributed by atoms with E-state index in [1.54, 1.807) is 0 Å². The van der Waals surface area contributed by atoms with E-state index in [0.29, 0.717) is 64.8 Å². The summed E-state index contributed by atoms with van der Waals surface area (Å²) in [5, 5.41) is 0. The molecule has 0 heterocycles. The van der Waals surface area contributed by atoms with Gasteiger partial charge >= 0.3 is 0 Å².